The van der Waals surface area contributed by atoms with Gasteiger partial charge >= 0.3 is 0 Å². The molecule has 2 aromatic rings. The number of aromatic nitrogens is 2. The van der Waals surface area contributed by atoms with Crippen molar-refractivity contribution in [2.45, 2.75) is 52.4 Å². The standard InChI is InChI=1S/C21H31N3O4/c1-13(2)18(14-8-9-15(26-6)16(12-14)27-7)19(25)22-11-10-17-23-20(28-24-17)21(3,4)5/h8-9,12-13,18H,10-11H2,1-7H3,(H,22,25). The van der Waals surface area contributed by atoms with E-state index in [1.165, 1.54) is 0 Å². The third kappa shape index (κ3) is 5.24. The lowest BCUT2D eigenvalue weighted by Crippen LogP contribution is -2.33. The van der Waals surface area contributed by atoms with Crippen LogP contribution in [-0.4, -0.2) is 36.8 Å². The first-order chi connectivity index (χ1) is 13.2. The van der Waals surface area contributed by atoms with Crippen molar-refractivity contribution < 1.29 is 18.8 Å². The lowest BCUT2D eigenvalue weighted by Gasteiger charge is -2.21. The molecule has 0 aliphatic rings. The van der Waals surface area contributed by atoms with Gasteiger partial charge in [-0.3, -0.25) is 4.79 Å². The van der Waals surface area contributed by atoms with Crippen LogP contribution in [0.3, 0.4) is 0 Å². The molecule has 0 aliphatic heterocycles. The predicted molar refractivity (Wildman–Crippen MR) is 107 cm³/mol. The Labute approximate surface area is 166 Å². The Hall–Kier alpha value is -2.57. The van der Waals surface area contributed by atoms with E-state index in [1.807, 2.05) is 52.8 Å². The van der Waals surface area contributed by atoms with Gasteiger partial charge in [-0.1, -0.05) is 45.8 Å². The molecule has 7 heteroatoms. The van der Waals surface area contributed by atoms with E-state index in [0.29, 0.717) is 36.2 Å². The zero-order chi connectivity index (χ0) is 20.9. The van der Waals surface area contributed by atoms with Crippen LogP contribution >= 0.6 is 0 Å². The van der Waals surface area contributed by atoms with Gasteiger partial charge in [0.15, 0.2) is 17.3 Å². The Kier molecular flexibility index (Phi) is 7.05. The second kappa shape index (κ2) is 9.08. The van der Waals surface area contributed by atoms with Crippen molar-refractivity contribution in [2.75, 3.05) is 20.8 Å². The Morgan fingerprint density at radius 3 is 2.39 bits per heavy atom. The van der Waals surface area contributed by atoms with E-state index in [9.17, 15) is 4.79 Å². The first-order valence-corrected chi connectivity index (χ1v) is 9.50. The maximum Gasteiger partial charge on any atom is 0.232 e. The third-order valence-corrected chi connectivity index (χ3v) is 4.47. The molecule has 1 aromatic carbocycles. The molecular weight excluding hydrogens is 358 g/mol. The first kappa shape index (κ1) is 21.7. The average Bonchev–Trinajstić information content (AvgIpc) is 3.10. The van der Waals surface area contributed by atoms with Gasteiger partial charge in [0.1, 0.15) is 0 Å². The molecule has 0 spiro atoms. The van der Waals surface area contributed by atoms with Crippen molar-refractivity contribution in [3.8, 4) is 11.5 Å². The number of hydrogen-bond donors (Lipinski definition) is 1. The van der Waals surface area contributed by atoms with Gasteiger partial charge in [0.2, 0.25) is 11.8 Å². The van der Waals surface area contributed by atoms with Crippen LogP contribution in [0.25, 0.3) is 0 Å². The SMILES string of the molecule is COc1ccc(C(C(=O)NCCc2noc(C(C)(C)C)n2)C(C)C)cc1OC. The monoisotopic (exact) mass is 389 g/mol. The van der Waals surface area contributed by atoms with Crippen LogP contribution in [0, 0.1) is 5.92 Å². The van der Waals surface area contributed by atoms with Crippen molar-refractivity contribution in [3.05, 3.63) is 35.5 Å². The van der Waals surface area contributed by atoms with E-state index in [0.717, 1.165) is 5.56 Å². The molecule has 0 aliphatic carbocycles. The van der Waals surface area contributed by atoms with Crippen LogP contribution < -0.4 is 14.8 Å². The van der Waals surface area contributed by atoms with E-state index in [4.69, 9.17) is 14.0 Å². The van der Waals surface area contributed by atoms with Gasteiger partial charge in [0, 0.05) is 18.4 Å². The molecule has 0 saturated carbocycles. The van der Waals surface area contributed by atoms with Gasteiger partial charge in [-0.15, -0.1) is 0 Å². The second-order valence-corrected chi connectivity index (χ2v) is 8.14. The Balaban J connectivity index is 2.04. The zero-order valence-electron chi connectivity index (χ0n) is 17.8. The molecule has 1 heterocycles. The highest BCUT2D eigenvalue weighted by Gasteiger charge is 2.26. The molecule has 1 amide bonds. The smallest absolute Gasteiger partial charge is 0.232 e. The van der Waals surface area contributed by atoms with E-state index in [1.54, 1.807) is 14.2 Å². The first-order valence-electron chi connectivity index (χ1n) is 9.50. The summed E-state index contributed by atoms with van der Waals surface area (Å²) in [6.07, 6.45) is 0.516. The van der Waals surface area contributed by atoms with Gasteiger partial charge in [-0.05, 0) is 23.6 Å². The molecule has 28 heavy (non-hydrogen) atoms. The molecule has 0 fully saturated rings. The fourth-order valence-electron chi connectivity index (χ4n) is 2.95. The maximum atomic E-state index is 12.8. The number of rotatable bonds is 8. The van der Waals surface area contributed by atoms with Crippen molar-refractivity contribution in [3.63, 3.8) is 0 Å². The summed E-state index contributed by atoms with van der Waals surface area (Å²) in [6, 6.07) is 5.59. The molecule has 1 aromatic heterocycles. The summed E-state index contributed by atoms with van der Waals surface area (Å²) in [6.45, 7) is 10.5. The van der Waals surface area contributed by atoms with E-state index in [-0.39, 0.29) is 23.2 Å². The number of carbonyl (C=O) groups is 1. The summed E-state index contributed by atoms with van der Waals surface area (Å²) >= 11 is 0. The van der Waals surface area contributed by atoms with Gasteiger partial charge in [0.25, 0.3) is 0 Å². The minimum Gasteiger partial charge on any atom is -0.493 e. The normalized spacial score (nSPS) is 12.7. The second-order valence-electron chi connectivity index (χ2n) is 8.14. The highest BCUT2D eigenvalue weighted by Crippen LogP contribution is 2.33. The highest BCUT2D eigenvalue weighted by molar-refractivity contribution is 5.84. The summed E-state index contributed by atoms with van der Waals surface area (Å²) < 4.78 is 15.9. The van der Waals surface area contributed by atoms with E-state index < -0.39 is 0 Å². The Morgan fingerprint density at radius 2 is 1.86 bits per heavy atom. The number of hydrogen-bond acceptors (Lipinski definition) is 6. The molecule has 1 unspecified atom stereocenters. The highest BCUT2D eigenvalue weighted by atomic mass is 16.5. The molecule has 0 bridgehead atoms. The van der Waals surface area contributed by atoms with Crippen LogP contribution in [0.1, 0.15) is 57.8 Å². The number of amides is 1. The van der Waals surface area contributed by atoms with Crippen LogP contribution in [0.15, 0.2) is 22.7 Å². The van der Waals surface area contributed by atoms with Crippen molar-refractivity contribution in [2.24, 2.45) is 5.92 Å². The lowest BCUT2D eigenvalue weighted by molar-refractivity contribution is -0.123. The van der Waals surface area contributed by atoms with Crippen LogP contribution in [0.5, 0.6) is 11.5 Å². The Bertz CT molecular complexity index is 793. The fraction of sp³-hybridized carbons (Fsp3) is 0.571. The van der Waals surface area contributed by atoms with Crippen LogP contribution in [0.4, 0.5) is 0 Å². The molecule has 7 nitrogen and oxygen atoms in total. The molecule has 2 rings (SSSR count). The van der Waals surface area contributed by atoms with E-state index in [2.05, 4.69) is 15.5 Å². The van der Waals surface area contributed by atoms with E-state index >= 15 is 0 Å². The maximum absolute atomic E-state index is 12.8. The molecule has 1 N–H and O–H groups in total. The number of benzene rings is 1. The number of ether oxygens (including phenoxy) is 2. The van der Waals surface area contributed by atoms with Gasteiger partial charge in [0.05, 0.1) is 20.1 Å². The molecule has 0 saturated heterocycles. The van der Waals surface area contributed by atoms with Crippen LogP contribution in [0.2, 0.25) is 0 Å². The minimum atomic E-state index is -0.296. The summed E-state index contributed by atoms with van der Waals surface area (Å²) in [5.74, 6) is 2.23. The summed E-state index contributed by atoms with van der Waals surface area (Å²) in [7, 11) is 3.18. The average molecular weight is 389 g/mol. The van der Waals surface area contributed by atoms with Crippen molar-refractivity contribution in [1.29, 1.82) is 0 Å². The molecule has 1 atom stereocenters. The van der Waals surface area contributed by atoms with Crippen LogP contribution in [-0.2, 0) is 16.6 Å². The molecular formula is C21H31N3O4. The van der Waals surface area contributed by atoms with Crippen molar-refractivity contribution in [1.82, 2.24) is 15.5 Å². The van der Waals surface area contributed by atoms with Crippen molar-refractivity contribution >= 4 is 5.91 Å². The fourth-order valence-corrected chi connectivity index (χ4v) is 2.95. The largest absolute Gasteiger partial charge is 0.493 e. The number of methoxy groups -OCH3 is 2. The third-order valence-electron chi connectivity index (χ3n) is 4.47. The quantitative estimate of drug-likeness (QED) is 0.744. The minimum absolute atomic E-state index is 0.0400. The summed E-state index contributed by atoms with van der Waals surface area (Å²) in [4.78, 5) is 17.2. The summed E-state index contributed by atoms with van der Waals surface area (Å²) in [5, 5.41) is 6.98. The van der Waals surface area contributed by atoms with Gasteiger partial charge in [-0.25, -0.2) is 0 Å². The summed E-state index contributed by atoms with van der Waals surface area (Å²) in [5.41, 5.74) is 0.699. The lowest BCUT2D eigenvalue weighted by atomic mass is 9.87. The Morgan fingerprint density at radius 1 is 1.18 bits per heavy atom. The zero-order valence-corrected chi connectivity index (χ0v) is 17.8. The molecule has 154 valence electrons. The number of carbonyl (C=O) groups excluding carboxylic acids is 1. The van der Waals surface area contributed by atoms with Gasteiger partial charge in [-0.2, -0.15) is 4.98 Å². The molecule has 0 radical (unpaired) electrons. The number of nitrogens with zero attached hydrogens (tertiary/aromatic N) is 2. The topological polar surface area (TPSA) is 86.5 Å². The predicted octanol–water partition coefficient (Wildman–Crippen LogP) is 3.48. The number of nitrogens with one attached hydrogen (secondary N) is 1. The van der Waals surface area contributed by atoms with Gasteiger partial charge < -0.3 is 19.3 Å².